The number of amides is 1. The normalized spacial score (nSPS) is 19.9. The standard InChI is InChI=1S/C10H21N3O2/c1-10(2,3)15-9(14)13-8-6-11-5-7-12(13)4/h11H,5-8H2,1-4H3. The monoisotopic (exact) mass is 215 g/mol. The van der Waals surface area contributed by atoms with Crippen molar-refractivity contribution in [1.29, 1.82) is 0 Å². The van der Waals surface area contributed by atoms with Crippen LogP contribution in [-0.4, -0.2) is 54.9 Å². The van der Waals surface area contributed by atoms with E-state index in [4.69, 9.17) is 4.74 Å². The summed E-state index contributed by atoms with van der Waals surface area (Å²) in [7, 11) is 1.90. The zero-order valence-corrected chi connectivity index (χ0v) is 10.0. The van der Waals surface area contributed by atoms with Crippen molar-refractivity contribution in [3.63, 3.8) is 0 Å². The third kappa shape index (κ3) is 4.05. The van der Waals surface area contributed by atoms with Crippen LogP contribution in [0.1, 0.15) is 20.8 Å². The highest BCUT2D eigenvalue weighted by molar-refractivity contribution is 5.67. The smallest absolute Gasteiger partial charge is 0.425 e. The molecule has 15 heavy (non-hydrogen) atoms. The van der Waals surface area contributed by atoms with Gasteiger partial charge in [-0.1, -0.05) is 0 Å². The van der Waals surface area contributed by atoms with E-state index in [0.29, 0.717) is 6.54 Å². The van der Waals surface area contributed by atoms with E-state index in [0.717, 1.165) is 19.6 Å². The van der Waals surface area contributed by atoms with Gasteiger partial charge in [0.25, 0.3) is 0 Å². The Labute approximate surface area is 91.3 Å². The molecule has 0 unspecified atom stereocenters. The molecule has 0 spiro atoms. The number of hydrogen-bond acceptors (Lipinski definition) is 4. The van der Waals surface area contributed by atoms with Crippen LogP contribution < -0.4 is 5.32 Å². The summed E-state index contributed by atoms with van der Waals surface area (Å²) in [5.41, 5.74) is -0.433. The van der Waals surface area contributed by atoms with Gasteiger partial charge in [0.2, 0.25) is 0 Å². The Balaban J connectivity index is 2.56. The maximum absolute atomic E-state index is 11.8. The quantitative estimate of drug-likeness (QED) is 0.645. The summed E-state index contributed by atoms with van der Waals surface area (Å²) in [6, 6.07) is 0. The number of ether oxygens (including phenoxy) is 1. The Morgan fingerprint density at radius 2 is 1.87 bits per heavy atom. The molecule has 0 atom stereocenters. The molecule has 5 heteroatoms. The second-order valence-electron chi connectivity index (χ2n) is 4.73. The number of nitrogens with one attached hydrogen (secondary N) is 1. The molecule has 1 aliphatic rings. The Kier molecular flexibility index (Phi) is 3.93. The van der Waals surface area contributed by atoms with E-state index in [2.05, 4.69) is 5.32 Å². The van der Waals surface area contributed by atoms with Crippen LogP contribution in [0.25, 0.3) is 0 Å². The highest BCUT2D eigenvalue weighted by atomic mass is 16.6. The average Bonchev–Trinajstić information content (AvgIpc) is 2.26. The molecule has 5 nitrogen and oxygen atoms in total. The van der Waals surface area contributed by atoms with E-state index in [9.17, 15) is 4.79 Å². The molecule has 1 heterocycles. The van der Waals surface area contributed by atoms with E-state index < -0.39 is 5.60 Å². The number of hydrazine groups is 1. The highest BCUT2D eigenvalue weighted by Crippen LogP contribution is 2.11. The second kappa shape index (κ2) is 4.81. The fraction of sp³-hybridized carbons (Fsp3) is 0.900. The van der Waals surface area contributed by atoms with Crippen molar-refractivity contribution in [1.82, 2.24) is 15.3 Å². The van der Waals surface area contributed by atoms with Crippen molar-refractivity contribution in [2.75, 3.05) is 33.2 Å². The zero-order valence-electron chi connectivity index (χ0n) is 10.0. The maximum Gasteiger partial charge on any atom is 0.425 e. The fourth-order valence-electron chi connectivity index (χ4n) is 1.39. The van der Waals surface area contributed by atoms with Gasteiger partial charge in [-0.2, -0.15) is 0 Å². The second-order valence-corrected chi connectivity index (χ2v) is 4.73. The number of carbonyl (C=O) groups excluding carboxylic acids is 1. The van der Waals surface area contributed by atoms with E-state index in [1.807, 2.05) is 32.8 Å². The molecule has 1 saturated heterocycles. The molecule has 1 aliphatic heterocycles. The van der Waals surface area contributed by atoms with Gasteiger partial charge in [0.05, 0.1) is 6.54 Å². The van der Waals surface area contributed by atoms with Gasteiger partial charge in [-0.05, 0) is 20.8 Å². The number of rotatable bonds is 0. The first-order chi connectivity index (χ1) is 6.90. The molecule has 1 fully saturated rings. The van der Waals surface area contributed by atoms with E-state index >= 15 is 0 Å². The summed E-state index contributed by atoms with van der Waals surface area (Å²) in [6.07, 6.45) is -0.270. The molecule has 0 aromatic heterocycles. The lowest BCUT2D eigenvalue weighted by atomic mass is 10.2. The minimum Gasteiger partial charge on any atom is -0.443 e. The van der Waals surface area contributed by atoms with E-state index in [1.54, 1.807) is 5.01 Å². The highest BCUT2D eigenvalue weighted by Gasteiger charge is 2.25. The number of likely N-dealkylation sites (N-methyl/N-ethyl adjacent to an activating group) is 1. The molecule has 0 aromatic rings. The van der Waals surface area contributed by atoms with Crippen LogP contribution in [0.4, 0.5) is 4.79 Å². The molecule has 0 aromatic carbocycles. The molecular formula is C10H21N3O2. The Hall–Kier alpha value is -0.810. The van der Waals surface area contributed by atoms with Gasteiger partial charge in [-0.15, -0.1) is 0 Å². The zero-order chi connectivity index (χ0) is 11.5. The summed E-state index contributed by atoms with van der Waals surface area (Å²) < 4.78 is 5.32. The summed E-state index contributed by atoms with van der Waals surface area (Å²) in [4.78, 5) is 11.8. The first-order valence-corrected chi connectivity index (χ1v) is 5.32. The van der Waals surface area contributed by atoms with Gasteiger partial charge in [-0.25, -0.2) is 14.8 Å². The molecule has 1 N–H and O–H groups in total. The summed E-state index contributed by atoms with van der Waals surface area (Å²) in [6.45, 7) is 8.81. The van der Waals surface area contributed by atoms with Gasteiger partial charge in [0.1, 0.15) is 5.60 Å². The number of hydrogen-bond donors (Lipinski definition) is 1. The largest absolute Gasteiger partial charge is 0.443 e. The van der Waals surface area contributed by atoms with Crippen molar-refractivity contribution in [3.05, 3.63) is 0 Å². The molecule has 1 rings (SSSR count). The van der Waals surface area contributed by atoms with Crippen LogP contribution in [0.5, 0.6) is 0 Å². The predicted octanol–water partition coefficient (Wildman–Crippen LogP) is 0.674. The van der Waals surface area contributed by atoms with Crippen molar-refractivity contribution in [2.45, 2.75) is 26.4 Å². The minimum atomic E-state index is -0.433. The fourth-order valence-corrected chi connectivity index (χ4v) is 1.39. The lowest BCUT2D eigenvalue weighted by Gasteiger charge is -2.31. The molecule has 88 valence electrons. The molecule has 0 radical (unpaired) electrons. The van der Waals surface area contributed by atoms with Crippen molar-refractivity contribution in [2.24, 2.45) is 0 Å². The van der Waals surface area contributed by atoms with Crippen molar-refractivity contribution in [3.8, 4) is 0 Å². The van der Waals surface area contributed by atoms with Gasteiger partial charge >= 0.3 is 6.09 Å². The van der Waals surface area contributed by atoms with E-state index in [1.165, 1.54) is 0 Å². The molecular weight excluding hydrogens is 194 g/mol. The summed E-state index contributed by atoms with van der Waals surface area (Å²) >= 11 is 0. The van der Waals surface area contributed by atoms with Crippen molar-refractivity contribution < 1.29 is 9.53 Å². The Morgan fingerprint density at radius 1 is 1.27 bits per heavy atom. The van der Waals surface area contributed by atoms with Gasteiger partial charge in [-0.3, -0.25) is 0 Å². The third-order valence-corrected chi connectivity index (χ3v) is 2.13. The van der Waals surface area contributed by atoms with Gasteiger partial charge in [0.15, 0.2) is 0 Å². The molecule has 0 bridgehead atoms. The lowest BCUT2D eigenvalue weighted by molar-refractivity contribution is -0.0323. The van der Waals surface area contributed by atoms with Crippen molar-refractivity contribution >= 4 is 6.09 Å². The summed E-state index contributed by atoms with van der Waals surface area (Å²) in [5.74, 6) is 0. The first kappa shape index (κ1) is 12.3. The van der Waals surface area contributed by atoms with Gasteiger partial charge < -0.3 is 10.1 Å². The van der Waals surface area contributed by atoms with Crippen LogP contribution in [-0.2, 0) is 4.74 Å². The van der Waals surface area contributed by atoms with Crippen LogP contribution in [0.3, 0.4) is 0 Å². The number of carbonyl (C=O) groups is 1. The maximum atomic E-state index is 11.8. The first-order valence-electron chi connectivity index (χ1n) is 5.32. The molecule has 0 aliphatic carbocycles. The third-order valence-electron chi connectivity index (χ3n) is 2.13. The van der Waals surface area contributed by atoms with Crippen LogP contribution >= 0.6 is 0 Å². The van der Waals surface area contributed by atoms with Crippen LogP contribution in [0.15, 0.2) is 0 Å². The van der Waals surface area contributed by atoms with Gasteiger partial charge in [0, 0.05) is 26.7 Å². The minimum absolute atomic E-state index is 0.270. The summed E-state index contributed by atoms with van der Waals surface area (Å²) in [5, 5.41) is 6.78. The predicted molar refractivity (Wildman–Crippen MR) is 58.4 cm³/mol. The average molecular weight is 215 g/mol. The van der Waals surface area contributed by atoms with E-state index in [-0.39, 0.29) is 6.09 Å². The SMILES string of the molecule is CN1CCNCCN1C(=O)OC(C)(C)C. The topological polar surface area (TPSA) is 44.8 Å². The lowest BCUT2D eigenvalue weighted by Crippen LogP contribution is -2.47. The Morgan fingerprint density at radius 3 is 2.47 bits per heavy atom. The molecule has 0 saturated carbocycles. The molecule has 1 amide bonds. The Bertz CT molecular complexity index is 225. The van der Waals surface area contributed by atoms with Crippen LogP contribution in [0, 0.1) is 0 Å². The number of nitrogens with zero attached hydrogens (tertiary/aromatic N) is 2. The van der Waals surface area contributed by atoms with Crippen LogP contribution in [0.2, 0.25) is 0 Å².